The Morgan fingerprint density at radius 3 is 2.52 bits per heavy atom. The van der Waals surface area contributed by atoms with E-state index in [0.29, 0.717) is 18.8 Å². The Hall–Kier alpha value is -2.02. The summed E-state index contributed by atoms with van der Waals surface area (Å²) in [7, 11) is 0. The summed E-state index contributed by atoms with van der Waals surface area (Å²) in [5, 5.41) is 5.41. The zero-order valence-electron chi connectivity index (χ0n) is 12.9. The fourth-order valence-electron chi connectivity index (χ4n) is 3.22. The number of piperazine rings is 1. The Balaban J connectivity index is 1.88. The summed E-state index contributed by atoms with van der Waals surface area (Å²) in [6.45, 7) is 4.09. The molecule has 2 fully saturated rings. The normalized spacial score (nSPS) is 25.4. The first-order valence-electron chi connectivity index (χ1n) is 7.76. The molecule has 5 nitrogen and oxygen atoms in total. The molecule has 1 aromatic rings. The van der Waals surface area contributed by atoms with Gasteiger partial charge in [-0.2, -0.15) is 0 Å². The molecule has 2 amide bonds. The highest BCUT2D eigenvalue weighted by atomic mass is 19.1. The molecule has 0 spiro atoms. The molecular weight excluding hydrogens is 304 g/mol. The van der Waals surface area contributed by atoms with Gasteiger partial charge in [0.25, 0.3) is 0 Å². The van der Waals surface area contributed by atoms with Gasteiger partial charge >= 0.3 is 0 Å². The first-order chi connectivity index (χ1) is 11.0. The summed E-state index contributed by atoms with van der Waals surface area (Å²) in [4.78, 5) is 25.0. The molecule has 2 saturated heterocycles. The first-order valence-corrected chi connectivity index (χ1v) is 7.76. The average molecular weight is 323 g/mol. The topological polar surface area (TPSA) is 61.4 Å². The lowest BCUT2D eigenvalue weighted by molar-refractivity contribution is -0.134. The Kier molecular flexibility index (Phi) is 4.30. The minimum atomic E-state index is -0.955. The molecule has 0 aliphatic carbocycles. The average Bonchev–Trinajstić information content (AvgIpc) is 2.48. The van der Waals surface area contributed by atoms with E-state index in [9.17, 15) is 18.4 Å². The van der Waals surface area contributed by atoms with Crippen molar-refractivity contribution < 1.29 is 18.4 Å². The molecule has 0 aromatic heterocycles. The van der Waals surface area contributed by atoms with Crippen molar-refractivity contribution in [3.05, 3.63) is 29.3 Å². The summed E-state index contributed by atoms with van der Waals surface area (Å²) in [6.07, 6.45) is 0.217. The molecule has 3 rings (SSSR count). The van der Waals surface area contributed by atoms with Crippen molar-refractivity contribution in [2.45, 2.75) is 31.7 Å². The molecule has 2 aliphatic rings. The number of hydrogen-bond acceptors (Lipinski definition) is 4. The van der Waals surface area contributed by atoms with Crippen LogP contribution in [-0.2, 0) is 9.59 Å². The fraction of sp³-hybridized carbons (Fsp3) is 0.500. The minimum Gasteiger partial charge on any atom is -0.369 e. The largest absolute Gasteiger partial charge is 0.369 e. The third-order valence-electron chi connectivity index (χ3n) is 4.39. The van der Waals surface area contributed by atoms with Gasteiger partial charge in [-0.15, -0.1) is 0 Å². The molecule has 124 valence electrons. The van der Waals surface area contributed by atoms with Crippen LogP contribution in [0.4, 0.5) is 14.5 Å². The van der Waals surface area contributed by atoms with Crippen LogP contribution >= 0.6 is 0 Å². The van der Waals surface area contributed by atoms with E-state index in [0.717, 1.165) is 6.54 Å². The number of carbonyl (C=O) groups is 2. The standard InChI is InChI=1S/C16H19F2N3O2/c1-9-8-21(5-4-19-9)10-6-12(17)15(13(18)7-10)11-2-3-14(22)20-16(11)23/h6-7,9,11,19H,2-5,8H2,1H3,(H,20,22,23)/t9-,11?/m0/s1. The van der Waals surface area contributed by atoms with Gasteiger partial charge in [0.1, 0.15) is 11.6 Å². The summed E-state index contributed by atoms with van der Waals surface area (Å²) in [5.74, 6) is -3.47. The quantitative estimate of drug-likeness (QED) is 0.805. The van der Waals surface area contributed by atoms with Crippen LogP contribution in [0.2, 0.25) is 0 Å². The Morgan fingerprint density at radius 2 is 1.91 bits per heavy atom. The highest BCUT2D eigenvalue weighted by molar-refractivity contribution is 6.01. The van der Waals surface area contributed by atoms with Crippen molar-refractivity contribution >= 4 is 17.5 Å². The van der Waals surface area contributed by atoms with Crippen LogP contribution < -0.4 is 15.5 Å². The van der Waals surface area contributed by atoms with Crippen LogP contribution in [0.25, 0.3) is 0 Å². The number of amides is 2. The second-order valence-corrected chi connectivity index (χ2v) is 6.13. The number of nitrogens with one attached hydrogen (secondary N) is 2. The number of carbonyl (C=O) groups excluding carboxylic acids is 2. The zero-order valence-corrected chi connectivity index (χ0v) is 12.9. The summed E-state index contributed by atoms with van der Waals surface area (Å²) in [6, 6.07) is 2.80. The van der Waals surface area contributed by atoms with E-state index in [1.165, 1.54) is 12.1 Å². The van der Waals surface area contributed by atoms with E-state index in [1.807, 2.05) is 11.8 Å². The maximum atomic E-state index is 14.5. The maximum Gasteiger partial charge on any atom is 0.234 e. The van der Waals surface area contributed by atoms with Gasteiger partial charge in [-0.25, -0.2) is 8.78 Å². The van der Waals surface area contributed by atoms with Crippen molar-refractivity contribution in [2.75, 3.05) is 24.5 Å². The molecule has 2 N–H and O–H groups in total. The van der Waals surface area contributed by atoms with Gasteiger partial charge in [-0.3, -0.25) is 14.9 Å². The molecular formula is C16H19F2N3O2. The maximum absolute atomic E-state index is 14.5. The molecule has 1 unspecified atom stereocenters. The molecule has 1 aromatic carbocycles. The molecule has 0 radical (unpaired) electrons. The highest BCUT2D eigenvalue weighted by Gasteiger charge is 2.33. The van der Waals surface area contributed by atoms with Gasteiger partial charge in [0, 0.05) is 43.3 Å². The van der Waals surface area contributed by atoms with Crippen LogP contribution in [0.15, 0.2) is 12.1 Å². The lowest BCUT2D eigenvalue weighted by atomic mass is 9.89. The van der Waals surface area contributed by atoms with Crippen LogP contribution in [0.5, 0.6) is 0 Å². The molecule has 2 atom stereocenters. The van der Waals surface area contributed by atoms with Crippen LogP contribution in [0, 0.1) is 11.6 Å². The van der Waals surface area contributed by atoms with E-state index in [4.69, 9.17) is 0 Å². The SMILES string of the molecule is C[C@H]1CN(c2cc(F)c(C3CCC(=O)NC3=O)c(F)c2)CCN1. The number of anilines is 1. The number of halogens is 2. The number of benzene rings is 1. The van der Waals surface area contributed by atoms with Gasteiger partial charge in [0.15, 0.2) is 0 Å². The number of piperidine rings is 1. The highest BCUT2D eigenvalue weighted by Crippen LogP contribution is 2.32. The molecule has 0 bridgehead atoms. The third-order valence-corrected chi connectivity index (χ3v) is 4.39. The second-order valence-electron chi connectivity index (χ2n) is 6.13. The molecule has 7 heteroatoms. The predicted molar refractivity (Wildman–Crippen MR) is 81.2 cm³/mol. The number of hydrogen-bond donors (Lipinski definition) is 2. The molecule has 2 heterocycles. The lowest BCUT2D eigenvalue weighted by Crippen LogP contribution is -2.49. The van der Waals surface area contributed by atoms with Gasteiger partial charge in [-0.05, 0) is 25.5 Å². The molecule has 0 saturated carbocycles. The number of imide groups is 1. The minimum absolute atomic E-state index is 0.0896. The molecule has 2 aliphatic heterocycles. The Labute approximate surface area is 133 Å². The van der Waals surface area contributed by atoms with Gasteiger partial charge in [0.05, 0.1) is 5.92 Å². The number of rotatable bonds is 2. The fourth-order valence-corrected chi connectivity index (χ4v) is 3.22. The summed E-state index contributed by atoms with van der Waals surface area (Å²) >= 11 is 0. The van der Waals surface area contributed by atoms with E-state index < -0.39 is 29.4 Å². The Bertz CT molecular complexity index is 627. The van der Waals surface area contributed by atoms with Crippen molar-refractivity contribution in [1.82, 2.24) is 10.6 Å². The van der Waals surface area contributed by atoms with Crippen molar-refractivity contribution in [3.8, 4) is 0 Å². The summed E-state index contributed by atoms with van der Waals surface area (Å²) in [5.41, 5.74) is 0.228. The van der Waals surface area contributed by atoms with E-state index >= 15 is 0 Å². The van der Waals surface area contributed by atoms with Gasteiger partial charge in [-0.1, -0.05) is 0 Å². The van der Waals surface area contributed by atoms with E-state index in [1.54, 1.807) is 0 Å². The van der Waals surface area contributed by atoms with E-state index in [2.05, 4.69) is 10.6 Å². The smallest absolute Gasteiger partial charge is 0.234 e. The van der Waals surface area contributed by atoms with Crippen LogP contribution in [0.1, 0.15) is 31.2 Å². The number of nitrogens with zero attached hydrogens (tertiary/aromatic N) is 1. The van der Waals surface area contributed by atoms with Crippen molar-refractivity contribution in [2.24, 2.45) is 0 Å². The first kappa shape index (κ1) is 15.9. The van der Waals surface area contributed by atoms with Crippen LogP contribution in [-0.4, -0.2) is 37.5 Å². The van der Waals surface area contributed by atoms with Crippen LogP contribution in [0.3, 0.4) is 0 Å². The van der Waals surface area contributed by atoms with E-state index in [-0.39, 0.29) is 24.4 Å². The zero-order chi connectivity index (χ0) is 16.6. The van der Waals surface area contributed by atoms with Crippen molar-refractivity contribution in [3.63, 3.8) is 0 Å². The lowest BCUT2D eigenvalue weighted by Gasteiger charge is -2.34. The van der Waals surface area contributed by atoms with Crippen molar-refractivity contribution in [1.29, 1.82) is 0 Å². The monoisotopic (exact) mass is 323 g/mol. The second kappa shape index (κ2) is 6.23. The third kappa shape index (κ3) is 3.19. The van der Waals surface area contributed by atoms with Gasteiger partial charge in [0.2, 0.25) is 11.8 Å². The van der Waals surface area contributed by atoms with Gasteiger partial charge < -0.3 is 10.2 Å². The summed E-state index contributed by atoms with van der Waals surface area (Å²) < 4.78 is 28.9. The molecule has 23 heavy (non-hydrogen) atoms. The Morgan fingerprint density at radius 1 is 1.22 bits per heavy atom. The predicted octanol–water partition coefficient (Wildman–Crippen LogP) is 1.28.